The van der Waals surface area contributed by atoms with Gasteiger partial charge in [-0.05, 0) is 61.0 Å². The number of hydrogen-bond acceptors (Lipinski definition) is 3. The van der Waals surface area contributed by atoms with Gasteiger partial charge >= 0.3 is 0 Å². The van der Waals surface area contributed by atoms with Crippen LogP contribution in [0.25, 0.3) is 27.8 Å². The summed E-state index contributed by atoms with van der Waals surface area (Å²) < 4.78 is 15.3. The fraction of sp³-hybridized carbons (Fsp3) is 0.103. The van der Waals surface area contributed by atoms with Crippen molar-refractivity contribution in [1.29, 1.82) is 0 Å². The van der Waals surface area contributed by atoms with Gasteiger partial charge in [-0.25, -0.2) is 9.07 Å². The summed E-state index contributed by atoms with van der Waals surface area (Å²) in [4.78, 5) is 13.1. The number of nitrogens with one attached hydrogen (secondary N) is 1. The van der Waals surface area contributed by atoms with Gasteiger partial charge in [-0.2, -0.15) is 5.10 Å². The molecule has 4 aromatic carbocycles. The Morgan fingerprint density at radius 3 is 2.39 bits per heavy atom. The van der Waals surface area contributed by atoms with E-state index in [4.69, 9.17) is 16.7 Å². The van der Waals surface area contributed by atoms with E-state index in [2.05, 4.69) is 5.32 Å². The van der Waals surface area contributed by atoms with Gasteiger partial charge in [-0.15, -0.1) is 0 Å². The van der Waals surface area contributed by atoms with Gasteiger partial charge in [0.05, 0.1) is 28.4 Å². The molecule has 0 fully saturated rings. The van der Waals surface area contributed by atoms with Crippen molar-refractivity contribution in [3.63, 3.8) is 0 Å². The third-order valence-electron chi connectivity index (χ3n) is 6.12. The van der Waals surface area contributed by atoms with Gasteiger partial charge in [0, 0.05) is 16.5 Å². The van der Waals surface area contributed by atoms with Gasteiger partial charge in [0.2, 0.25) is 0 Å². The zero-order valence-electron chi connectivity index (χ0n) is 19.4. The minimum atomic E-state index is -0.851. The van der Waals surface area contributed by atoms with Crippen molar-refractivity contribution in [3.8, 4) is 16.9 Å². The average Bonchev–Trinajstić information content (AvgIpc) is 3.28. The third-order valence-corrected chi connectivity index (χ3v) is 6.45. The number of halogens is 2. The van der Waals surface area contributed by atoms with Crippen molar-refractivity contribution in [3.05, 3.63) is 119 Å². The molecule has 2 atom stereocenters. The Kier molecular flexibility index (Phi) is 6.55. The molecule has 0 aliphatic carbocycles. The van der Waals surface area contributed by atoms with Crippen molar-refractivity contribution in [2.45, 2.75) is 19.1 Å². The van der Waals surface area contributed by atoms with Crippen molar-refractivity contribution < 1.29 is 14.3 Å². The molecule has 0 aliphatic heterocycles. The second kappa shape index (κ2) is 9.93. The third kappa shape index (κ3) is 4.61. The molecule has 7 heteroatoms. The second-order valence-electron chi connectivity index (χ2n) is 8.57. The monoisotopic (exact) mass is 499 g/mol. The molecule has 5 aromatic rings. The normalized spacial score (nSPS) is 12.9. The minimum Gasteiger partial charge on any atom is -0.386 e. The lowest BCUT2D eigenvalue weighted by molar-refractivity contribution is 0.0852. The van der Waals surface area contributed by atoms with Gasteiger partial charge in [-0.3, -0.25) is 4.79 Å². The molecule has 180 valence electrons. The lowest BCUT2D eigenvalue weighted by Gasteiger charge is -2.20. The Hall–Kier alpha value is -4.00. The molecule has 1 amide bonds. The summed E-state index contributed by atoms with van der Waals surface area (Å²) in [6.07, 6.45) is -0.851. The SMILES string of the molecule is CC(NC(=O)c1ccc2c(-c3ccccc3Cl)nn(-c3ccc(F)cc3)c2c1)C(O)c1ccccc1. The predicted octanol–water partition coefficient (Wildman–Crippen LogP) is 6.34. The number of aromatic nitrogens is 2. The van der Waals surface area contributed by atoms with Gasteiger partial charge < -0.3 is 10.4 Å². The number of amides is 1. The number of carbonyl (C=O) groups is 1. The molecule has 0 saturated heterocycles. The standard InChI is InChI=1S/C29H23ClFN3O2/c1-18(28(35)19-7-3-2-4-8-19)32-29(36)20-11-16-24-26(17-20)34(22-14-12-21(31)13-15-22)33-27(24)23-9-5-6-10-25(23)30/h2-18,28,35H,1H3,(H,32,36). The molecule has 36 heavy (non-hydrogen) atoms. The lowest BCUT2D eigenvalue weighted by Crippen LogP contribution is -2.37. The Labute approximate surface area is 212 Å². The molecule has 1 aromatic heterocycles. The van der Waals surface area contributed by atoms with Crippen LogP contribution in [0.5, 0.6) is 0 Å². The molecular weight excluding hydrogens is 477 g/mol. The summed E-state index contributed by atoms with van der Waals surface area (Å²) in [5.41, 5.74) is 3.84. The van der Waals surface area contributed by atoms with Gasteiger partial charge in [0.15, 0.2) is 0 Å². The number of aliphatic hydroxyl groups excluding tert-OH is 1. The largest absolute Gasteiger partial charge is 0.386 e. The maximum atomic E-state index is 13.6. The molecule has 0 radical (unpaired) electrons. The first kappa shape index (κ1) is 23.7. The minimum absolute atomic E-state index is 0.328. The molecule has 2 unspecified atom stereocenters. The highest BCUT2D eigenvalue weighted by Crippen LogP contribution is 2.34. The predicted molar refractivity (Wildman–Crippen MR) is 140 cm³/mol. The fourth-order valence-corrected chi connectivity index (χ4v) is 4.42. The van der Waals surface area contributed by atoms with E-state index in [-0.39, 0.29) is 11.7 Å². The first-order valence-electron chi connectivity index (χ1n) is 11.5. The fourth-order valence-electron chi connectivity index (χ4n) is 4.20. The summed E-state index contributed by atoms with van der Waals surface area (Å²) in [5, 5.41) is 19.7. The Balaban J connectivity index is 1.54. The zero-order chi connectivity index (χ0) is 25.2. The van der Waals surface area contributed by atoms with E-state index in [1.807, 2.05) is 54.6 Å². The second-order valence-corrected chi connectivity index (χ2v) is 8.97. The number of hydrogen-bond donors (Lipinski definition) is 2. The highest BCUT2D eigenvalue weighted by atomic mass is 35.5. The van der Waals surface area contributed by atoms with Crippen LogP contribution in [0.1, 0.15) is 28.9 Å². The lowest BCUT2D eigenvalue weighted by atomic mass is 10.0. The van der Waals surface area contributed by atoms with E-state index in [1.165, 1.54) is 12.1 Å². The van der Waals surface area contributed by atoms with Crippen LogP contribution in [0.15, 0.2) is 97.1 Å². The van der Waals surface area contributed by atoms with Crippen LogP contribution in [-0.4, -0.2) is 26.8 Å². The smallest absolute Gasteiger partial charge is 0.251 e. The molecule has 1 heterocycles. The van der Waals surface area contributed by atoms with E-state index >= 15 is 0 Å². The van der Waals surface area contributed by atoms with Crippen LogP contribution in [0.3, 0.4) is 0 Å². The van der Waals surface area contributed by atoms with Crippen LogP contribution in [-0.2, 0) is 0 Å². The van der Waals surface area contributed by atoms with Gasteiger partial charge in [0.25, 0.3) is 5.91 Å². The topological polar surface area (TPSA) is 67.2 Å². The Morgan fingerprint density at radius 2 is 1.67 bits per heavy atom. The number of nitrogens with zero attached hydrogens (tertiary/aromatic N) is 2. The number of rotatable bonds is 6. The van der Waals surface area contributed by atoms with Gasteiger partial charge in [0.1, 0.15) is 11.5 Å². The molecule has 5 rings (SSSR count). The molecule has 0 aliphatic rings. The Bertz CT molecular complexity index is 1530. The maximum absolute atomic E-state index is 13.6. The van der Waals surface area contributed by atoms with E-state index < -0.39 is 12.1 Å². The summed E-state index contributed by atoms with van der Waals surface area (Å²) in [6.45, 7) is 1.76. The number of benzene rings is 4. The highest BCUT2D eigenvalue weighted by Gasteiger charge is 2.21. The first-order valence-corrected chi connectivity index (χ1v) is 11.9. The van der Waals surface area contributed by atoms with E-state index in [9.17, 15) is 14.3 Å². The summed E-state index contributed by atoms with van der Waals surface area (Å²) in [6, 6.07) is 27.3. The molecule has 0 bridgehead atoms. The quantitative estimate of drug-likeness (QED) is 0.286. The van der Waals surface area contributed by atoms with Crippen LogP contribution in [0.4, 0.5) is 4.39 Å². The van der Waals surface area contributed by atoms with Crippen molar-refractivity contribution in [2.75, 3.05) is 0 Å². The van der Waals surface area contributed by atoms with Crippen LogP contribution in [0, 0.1) is 5.82 Å². The molecule has 2 N–H and O–H groups in total. The zero-order valence-corrected chi connectivity index (χ0v) is 20.2. The van der Waals surface area contributed by atoms with Crippen molar-refractivity contribution in [2.24, 2.45) is 0 Å². The van der Waals surface area contributed by atoms with Crippen LogP contribution in [0.2, 0.25) is 5.02 Å². The van der Waals surface area contributed by atoms with Crippen LogP contribution >= 0.6 is 11.6 Å². The van der Waals surface area contributed by atoms with Gasteiger partial charge in [-0.1, -0.05) is 60.1 Å². The van der Waals surface area contributed by atoms with Crippen LogP contribution < -0.4 is 5.32 Å². The number of fused-ring (bicyclic) bond motifs is 1. The van der Waals surface area contributed by atoms with E-state index in [0.717, 1.165) is 16.5 Å². The number of aliphatic hydroxyl groups is 1. The summed E-state index contributed by atoms with van der Waals surface area (Å²) >= 11 is 6.47. The molecule has 0 spiro atoms. The number of carbonyl (C=O) groups excluding carboxylic acids is 1. The van der Waals surface area contributed by atoms with E-state index in [0.29, 0.717) is 27.5 Å². The van der Waals surface area contributed by atoms with Crippen molar-refractivity contribution >= 4 is 28.4 Å². The molecule has 5 nitrogen and oxygen atoms in total. The maximum Gasteiger partial charge on any atom is 0.251 e. The molecular formula is C29H23ClFN3O2. The van der Waals surface area contributed by atoms with Crippen molar-refractivity contribution in [1.82, 2.24) is 15.1 Å². The molecule has 0 saturated carbocycles. The first-order chi connectivity index (χ1) is 17.4. The van der Waals surface area contributed by atoms with E-state index in [1.54, 1.807) is 41.9 Å². The summed E-state index contributed by atoms with van der Waals surface area (Å²) in [5.74, 6) is -0.682. The Morgan fingerprint density at radius 1 is 0.972 bits per heavy atom. The average molecular weight is 500 g/mol. The highest BCUT2D eigenvalue weighted by molar-refractivity contribution is 6.33. The summed E-state index contributed by atoms with van der Waals surface area (Å²) in [7, 11) is 0.